The van der Waals surface area contributed by atoms with Gasteiger partial charge in [0.05, 0.1) is 23.7 Å². The molecule has 3 rings (SSSR count). The van der Waals surface area contributed by atoms with Crippen molar-refractivity contribution < 1.29 is 17.9 Å². The summed E-state index contributed by atoms with van der Waals surface area (Å²) in [6.45, 7) is 3.60. The minimum atomic E-state index is -3.47. The molecular formula is C22H29N3O4S. The number of amides is 1. The molecule has 0 aliphatic carbocycles. The lowest BCUT2D eigenvalue weighted by Gasteiger charge is -2.20. The van der Waals surface area contributed by atoms with E-state index in [0.717, 1.165) is 25.7 Å². The first-order valence-electron chi connectivity index (χ1n) is 10.4. The zero-order valence-corrected chi connectivity index (χ0v) is 18.1. The first kappa shape index (κ1) is 22.1. The number of carbonyl (C=O) groups is 1. The lowest BCUT2D eigenvalue weighted by atomic mass is 10.2. The van der Waals surface area contributed by atoms with Gasteiger partial charge in [-0.3, -0.25) is 4.79 Å². The Bertz CT molecular complexity index is 937. The highest BCUT2D eigenvalue weighted by molar-refractivity contribution is 7.89. The van der Waals surface area contributed by atoms with Crippen LogP contribution in [0.2, 0.25) is 0 Å². The minimum absolute atomic E-state index is 0.0542. The number of hydrogen-bond donors (Lipinski definition) is 2. The molecule has 0 unspecified atom stereocenters. The average molecular weight is 432 g/mol. The quantitative estimate of drug-likeness (QED) is 0.665. The van der Waals surface area contributed by atoms with E-state index >= 15 is 0 Å². The Morgan fingerprint density at radius 2 is 1.67 bits per heavy atom. The van der Waals surface area contributed by atoms with E-state index in [-0.39, 0.29) is 17.3 Å². The van der Waals surface area contributed by atoms with Crippen LogP contribution in [0.15, 0.2) is 53.4 Å². The van der Waals surface area contributed by atoms with Gasteiger partial charge in [0.2, 0.25) is 15.9 Å². The molecule has 0 aromatic heterocycles. The van der Waals surface area contributed by atoms with Gasteiger partial charge in [0.25, 0.3) is 0 Å². The van der Waals surface area contributed by atoms with E-state index in [0.29, 0.717) is 36.8 Å². The number of nitrogens with zero attached hydrogens (tertiary/aromatic N) is 1. The van der Waals surface area contributed by atoms with Gasteiger partial charge >= 0.3 is 0 Å². The van der Waals surface area contributed by atoms with Crippen LogP contribution in [0, 0.1) is 0 Å². The molecule has 1 aliphatic rings. The topological polar surface area (TPSA) is 87.7 Å². The molecule has 162 valence electrons. The summed E-state index contributed by atoms with van der Waals surface area (Å²) in [7, 11) is -3.47. The molecule has 2 aromatic rings. The van der Waals surface area contributed by atoms with Crippen LogP contribution < -0.4 is 15.4 Å². The summed E-state index contributed by atoms with van der Waals surface area (Å²) >= 11 is 0. The molecule has 1 aliphatic heterocycles. The lowest BCUT2D eigenvalue weighted by Crippen LogP contribution is -2.31. The van der Waals surface area contributed by atoms with Crippen molar-refractivity contribution in [3.63, 3.8) is 0 Å². The first-order chi connectivity index (χ1) is 14.5. The monoisotopic (exact) mass is 431 g/mol. The number of rotatable bonds is 8. The van der Waals surface area contributed by atoms with Crippen molar-refractivity contribution in [2.75, 3.05) is 36.9 Å². The molecule has 2 N–H and O–H groups in total. The SMILES string of the molecule is CCOc1ccccc1NC(=O)CNc1ccc(S(=O)(=O)N2CCCCCC2)cc1. The first-order valence-corrected chi connectivity index (χ1v) is 11.8. The third-order valence-corrected chi connectivity index (χ3v) is 6.88. The Hall–Kier alpha value is -2.58. The highest BCUT2D eigenvalue weighted by Crippen LogP contribution is 2.24. The second-order valence-electron chi connectivity index (χ2n) is 7.17. The molecule has 0 bridgehead atoms. The minimum Gasteiger partial charge on any atom is -0.492 e. The van der Waals surface area contributed by atoms with Crippen molar-refractivity contribution >= 4 is 27.3 Å². The Morgan fingerprint density at radius 1 is 1.00 bits per heavy atom. The Kier molecular flexibility index (Phi) is 7.70. The molecular weight excluding hydrogens is 402 g/mol. The summed E-state index contributed by atoms with van der Waals surface area (Å²) < 4.78 is 32.8. The van der Waals surface area contributed by atoms with Crippen molar-refractivity contribution in [1.29, 1.82) is 0 Å². The molecule has 1 saturated heterocycles. The largest absolute Gasteiger partial charge is 0.492 e. The number of hydrogen-bond acceptors (Lipinski definition) is 5. The maximum absolute atomic E-state index is 12.8. The van der Waals surface area contributed by atoms with Crippen molar-refractivity contribution in [3.05, 3.63) is 48.5 Å². The van der Waals surface area contributed by atoms with Gasteiger partial charge in [0, 0.05) is 18.8 Å². The molecule has 0 saturated carbocycles. The molecule has 30 heavy (non-hydrogen) atoms. The standard InChI is InChI=1S/C22H29N3O4S/c1-2-29-21-10-6-5-9-20(21)24-22(26)17-23-18-11-13-19(14-12-18)30(27,28)25-15-7-3-4-8-16-25/h5-6,9-14,23H,2-4,7-8,15-17H2,1H3,(H,24,26). The molecule has 1 amide bonds. The number of anilines is 2. The summed E-state index contributed by atoms with van der Waals surface area (Å²) in [6, 6.07) is 13.8. The summed E-state index contributed by atoms with van der Waals surface area (Å²) in [5.74, 6) is 0.403. The van der Waals surface area contributed by atoms with E-state index in [1.165, 1.54) is 0 Å². The van der Waals surface area contributed by atoms with Crippen LogP contribution in [-0.4, -0.2) is 44.9 Å². The lowest BCUT2D eigenvalue weighted by molar-refractivity contribution is -0.114. The average Bonchev–Trinajstić information content (AvgIpc) is 3.04. The van der Waals surface area contributed by atoms with Crippen molar-refractivity contribution in [2.45, 2.75) is 37.5 Å². The number of carbonyl (C=O) groups excluding carboxylic acids is 1. The predicted octanol–water partition coefficient (Wildman–Crippen LogP) is 3.70. The zero-order valence-electron chi connectivity index (χ0n) is 17.3. The number of para-hydroxylation sites is 2. The maximum atomic E-state index is 12.8. The molecule has 0 spiro atoms. The van der Waals surface area contributed by atoms with Gasteiger partial charge in [-0.25, -0.2) is 8.42 Å². The zero-order chi connectivity index (χ0) is 21.4. The predicted molar refractivity (Wildman–Crippen MR) is 118 cm³/mol. The normalized spacial score (nSPS) is 15.2. The van der Waals surface area contributed by atoms with Crippen molar-refractivity contribution in [3.8, 4) is 5.75 Å². The number of benzene rings is 2. The van der Waals surface area contributed by atoms with Crippen LogP contribution in [0.3, 0.4) is 0 Å². The molecule has 7 nitrogen and oxygen atoms in total. The van der Waals surface area contributed by atoms with Gasteiger partial charge < -0.3 is 15.4 Å². The molecule has 2 aromatic carbocycles. The van der Waals surface area contributed by atoms with Gasteiger partial charge in [-0.1, -0.05) is 25.0 Å². The van der Waals surface area contributed by atoms with Crippen LogP contribution in [0.5, 0.6) is 5.75 Å². The van der Waals surface area contributed by atoms with E-state index in [2.05, 4.69) is 10.6 Å². The van der Waals surface area contributed by atoms with Gasteiger partial charge in [0.1, 0.15) is 5.75 Å². The third kappa shape index (κ3) is 5.73. The van der Waals surface area contributed by atoms with E-state index in [1.54, 1.807) is 40.7 Å². The summed E-state index contributed by atoms with van der Waals surface area (Å²) in [4.78, 5) is 12.6. The van der Waals surface area contributed by atoms with Crippen LogP contribution in [0.25, 0.3) is 0 Å². The third-order valence-electron chi connectivity index (χ3n) is 4.97. The van der Waals surface area contributed by atoms with Crippen LogP contribution in [-0.2, 0) is 14.8 Å². The fraction of sp³-hybridized carbons (Fsp3) is 0.409. The fourth-order valence-corrected chi connectivity index (χ4v) is 4.92. The molecule has 1 heterocycles. The van der Waals surface area contributed by atoms with Gasteiger partial charge in [-0.2, -0.15) is 4.31 Å². The number of ether oxygens (including phenoxy) is 1. The van der Waals surface area contributed by atoms with E-state index < -0.39 is 10.0 Å². The van der Waals surface area contributed by atoms with Gasteiger partial charge in [-0.05, 0) is 56.2 Å². The molecule has 0 atom stereocenters. The molecule has 1 fully saturated rings. The Labute approximate surface area is 178 Å². The van der Waals surface area contributed by atoms with Gasteiger partial charge in [-0.15, -0.1) is 0 Å². The Balaban J connectivity index is 1.57. The highest BCUT2D eigenvalue weighted by atomic mass is 32.2. The number of nitrogens with one attached hydrogen (secondary N) is 2. The molecule has 0 radical (unpaired) electrons. The second-order valence-corrected chi connectivity index (χ2v) is 9.11. The highest BCUT2D eigenvalue weighted by Gasteiger charge is 2.24. The fourth-order valence-electron chi connectivity index (χ4n) is 3.40. The smallest absolute Gasteiger partial charge is 0.243 e. The van der Waals surface area contributed by atoms with E-state index in [9.17, 15) is 13.2 Å². The second kappa shape index (κ2) is 10.4. The Morgan fingerprint density at radius 3 is 2.33 bits per heavy atom. The summed E-state index contributed by atoms with van der Waals surface area (Å²) in [5, 5.41) is 5.84. The van der Waals surface area contributed by atoms with Crippen LogP contribution >= 0.6 is 0 Å². The number of sulfonamides is 1. The summed E-state index contributed by atoms with van der Waals surface area (Å²) in [5.41, 5.74) is 1.29. The van der Waals surface area contributed by atoms with Crippen molar-refractivity contribution in [2.24, 2.45) is 0 Å². The van der Waals surface area contributed by atoms with E-state index in [1.807, 2.05) is 19.1 Å². The van der Waals surface area contributed by atoms with Crippen LogP contribution in [0.1, 0.15) is 32.6 Å². The molecule has 8 heteroatoms. The van der Waals surface area contributed by atoms with E-state index in [4.69, 9.17) is 4.74 Å². The maximum Gasteiger partial charge on any atom is 0.243 e. The van der Waals surface area contributed by atoms with Gasteiger partial charge in [0.15, 0.2) is 0 Å². The van der Waals surface area contributed by atoms with Crippen molar-refractivity contribution in [1.82, 2.24) is 4.31 Å². The summed E-state index contributed by atoms with van der Waals surface area (Å²) in [6.07, 6.45) is 3.96. The van der Waals surface area contributed by atoms with Crippen LogP contribution in [0.4, 0.5) is 11.4 Å².